The van der Waals surface area contributed by atoms with Crippen LogP contribution in [0, 0.1) is 0 Å². The standard InChI is InChI=1S/C25H30N4O/c30-25(26-13-5-14-28-15-12-19-6-1-2-7-21(19)17-28)20-10-11-24-23(16-20)27-18-29(24)22-8-3-4-9-22/h1-2,6-7,10-11,16,18,22H,3-5,8-9,12-15,17H2,(H,26,30)/p+1. The minimum atomic E-state index is 0.00584. The molecule has 0 radical (unpaired) electrons. The van der Waals surface area contributed by atoms with E-state index in [9.17, 15) is 4.79 Å². The van der Waals surface area contributed by atoms with Crippen LogP contribution in [-0.4, -0.2) is 35.1 Å². The molecule has 0 saturated heterocycles. The fourth-order valence-corrected chi connectivity index (χ4v) is 5.15. The van der Waals surface area contributed by atoms with Crippen LogP contribution in [0.5, 0.6) is 0 Å². The summed E-state index contributed by atoms with van der Waals surface area (Å²) in [7, 11) is 0. The van der Waals surface area contributed by atoms with Gasteiger partial charge in [-0.2, -0.15) is 0 Å². The minimum Gasteiger partial charge on any atom is -0.352 e. The van der Waals surface area contributed by atoms with Gasteiger partial charge in [-0.3, -0.25) is 4.79 Å². The van der Waals surface area contributed by atoms with E-state index in [2.05, 4.69) is 45.2 Å². The molecule has 1 amide bonds. The Balaban J connectivity index is 1.13. The monoisotopic (exact) mass is 403 g/mol. The third-order valence-electron chi connectivity index (χ3n) is 6.85. The van der Waals surface area contributed by atoms with E-state index in [4.69, 9.17) is 0 Å². The highest BCUT2D eigenvalue weighted by Gasteiger charge is 2.20. The van der Waals surface area contributed by atoms with E-state index in [1.54, 1.807) is 4.90 Å². The molecule has 2 N–H and O–H groups in total. The Morgan fingerprint density at radius 3 is 2.83 bits per heavy atom. The summed E-state index contributed by atoms with van der Waals surface area (Å²) in [4.78, 5) is 18.8. The average molecular weight is 404 g/mol. The maximum atomic E-state index is 12.6. The lowest BCUT2D eigenvalue weighted by molar-refractivity contribution is -0.916. The molecule has 1 saturated carbocycles. The normalized spacial score (nSPS) is 19.1. The van der Waals surface area contributed by atoms with Crippen LogP contribution >= 0.6 is 0 Å². The second-order valence-electron chi connectivity index (χ2n) is 8.85. The third kappa shape index (κ3) is 3.99. The molecular weight excluding hydrogens is 372 g/mol. The van der Waals surface area contributed by atoms with Gasteiger partial charge in [0.05, 0.1) is 30.5 Å². The number of quaternary nitrogens is 1. The van der Waals surface area contributed by atoms with Crippen LogP contribution < -0.4 is 10.2 Å². The molecule has 0 bridgehead atoms. The molecule has 1 aromatic heterocycles. The highest BCUT2D eigenvalue weighted by atomic mass is 16.1. The molecule has 5 rings (SSSR count). The zero-order valence-corrected chi connectivity index (χ0v) is 17.6. The number of carbonyl (C=O) groups is 1. The van der Waals surface area contributed by atoms with Crippen molar-refractivity contribution in [3.8, 4) is 0 Å². The first-order valence-corrected chi connectivity index (χ1v) is 11.4. The van der Waals surface area contributed by atoms with Crippen LogP contribution in [0.2, 0.25) is 0 Å². The van der Waals surface area contributed by atoms with Gasteiger partial charge < -0.3 is 14.8 Å². The first-order chi connectivity index (χ1) is 14.8. The lowest BCUT2D eigenvalue weighted by Gasteiger charge is -2.25. The van der Waals surface area contributed by atoms with Crippen LogP contribution in [0.3, 0.4) is 0 Å². The highest BCUT2D eigenvalue weighted by molar-refractivity contribution is 5.97. The predicted octanol–water partition coefficient (Wildman–Crippen LogP) is 2.91. The summed E-state index contributed by atoms with van der Waals surface area (Å²) in [6, 6.07) is 15.3. The van der Waals surface area contributed by atoms with Crippen LogP contribution in [0.25, 0.3) is 11.0 Å². The summed E-state index contributed by atoms with van der Waals surface area (Å²) in [5, 5.41) is 3.10. The number of hydrogen-bond donors (Lipinski definition) is 2. The SMILES string of the molecule is O=C(NCCC[NH+]1CCc2ccccc2C1)c1ccc2c(c1)ncn2C1CCCC1. The Bertz CT molecular complexity index is 1030. The van der Waals surface area contributed by atoms with Gasteiger partial charge in [0.1, 0.15) is 6.54 Å². The second kappa shape index (κ2) is 8.60. The molecule has 2 aromatic carbocycles. The van der Waals surface area contributed by atoms with E-state index < -0.39 is 0 Å². The molecule has 2 aliphatic rings. The van der Waals surface area contributed by atoms with Crippen molar-refractivity contribution < 1.29 is 9.69 Å². The van der Waals surface area contributed by atoms with Gasteiger partial charge in [-0.1, -0.05) is 37.1 Å². The van der Waals surface area contributed by atoms with Gasteiger partial charge in [-0.25, -0.2) is 4.98 Å². The Kier molecular flexibility index (Phi) is 5.54. The Morgan fingerprint density at radius 2 is 1.97 bits per heavy atom. The lowest BCUT2D eigenvalue weighted by Crippen LogP contribution is -3.11. The second-order valence-corrected chi connectivity index (χ2v) is 8.85. The fraction of sp³-hybridized carbons (Fsp3) is 0.440. The molecular formula is C25H31N4O+. The van der Waals surface area contributed by atoms with Crippen molar-refractivity contribution in [2.24, 2.45) is 0 Å². The summed E-state index contributed by atoms with van der Waals surface area (Å²) in [6.45, 7) is 4.10. The van der Waals surface area contributed by atoms with E-state index in [0.29, 0.717) is 11.6 Å². The molecule has 1 unspecified atom stereocenters. The number of nitrogens with zero attached hydrogens (tertiary/aromatic N) is 2. The summed E-state index contributed by atoms with van der Waals surface area (Å²) in [5.74, 6) is 0.00584. The van der Waals surface area contributed by atoms with Crippen LogP contribution in [0.1, 0.15) is 59.6 Å². The predicted molar refractivity (Wildman–Crippen MR) is 119 cm³/mol. The molecule has 2 heterocycles. The number of nitrogens with one attached hydrogen (secondary N) is 2. The largest absolute Gasteiger partial charge is 0.352 e. The third-order valence-corrected chi connectivity index (χ3v) is 6.85. The van der Waals surface area contributed by atoms with Crippen molar-refractivity contribution in [2.75, 3.05) is 19.6 Å². The molecule has 1 aliphatic carbocycles. The quantitative estimate of drug-likeness (QED) is 0.622. The maximum Gasteiger partial charge on any atom is 0.251 e. The highest BCUT2D eigenvalue weighted by Crippen LogP contribution is 2.32. The number of imidazole rings is 1. The number of hydrogen-bond acceptors (Lipinski definition) is 2. The molecule has 1 aliphatic heterocycles. The topological polar surface area (TPSA) is 51.4 Å². The molecule has 1 atom stereocenters. The first kappa shape index (κ1) is 19.3. The lowest BCUT2D eigenvalue weighted by atomic mass is 10.00. The number of fused-ring (bicyclic) bond motifs is 2. The summed E-state index contributed by atoms with van der Waals surface area (Å²) in [6.07, 6.45) is 9.18. The van der Waals surface area contributed by atoms with E-state index in [1.165, 1.54) is 43.4 Å². The molecule has 0 spiro atoms. The van der Waals surface area contributed by atoms with Gasteiger partial charge in [0.15, 0.2) is 0 Å². The van der Waals surface area contributed by atoms with Gasteiger partial charge in [0, 0.05) is 36.6 Å². The van der Waals surface area contributed by atoms with Gasteiger partial charge in [0.25, 0.3) is 5.91 Å². The minimum absolute atomic E-state index is 0.00584. The van der Waals surface area contributed by atoms with E-state index in [0.717, 1.165) is 43.5 Å². The van der Waals surface area contributed by atoms with Crippen molar-refractivity contribution in [3.63, 3.8) is 0 Å². The van der Waals surface area contributed by atoms with Crippen molar-refractivity contribution in [3.05, 3.63) is 65.5 Å². The van der Waals surface area contributed by atoms with E-state index in [-0.39, 0.29) is 5.91 Å². The Morgan fingerprint density at radius 1 is 1.13 bits per heavy atom. The zero-order valence-electron chi connectivity index (χ0n) is 17.6. The molecule has 30 heavy (non-hydrogen) atoms. The number of amides is 1. The Hall–Kier alpha value is -2.66. The molecule has 1 fully saturated rings. The van der Waals surface area contributed by atoms with Crippen LogP contribution in [-0.2, 0) is 13.0 Å². The molecule has 5 heteroatoms. The molecule has 5 nitrogen and oxygen atoms in total. The van der Waals surface area contributed by atoms with Gasteiger partial charge in [-0.15, -0.1) is 0 Å². The fourth-order valence-electron chi connectivity index (χ4n) is 5.15. The van der Waals surface area contributed by atoms with Crippen molar-refractivity contribution >= 4 is 16.9 Å². The summed E-state index contributed by atoms with van der Waals surface area (Å²) < 4.78 is 2.30. The van der Waals surface area contributed by atoms with Crippen LogP contribution in [0.15, 0.2) is 48.8 Å². The Labute approximate surface area is 178 Å². The summed E-state index contributed by atoms with van der Waals surface area (Å²) in [5.41, 5.74) is 5.75. The average Bonchev–Trinajstić information content (AvgIpc) is 3.45. The first-order valence-electron chi connectivity index (χ1n) is 11.4. The maximum absolute atomic E-state index is 12.6. The van der Waals surface area contributed by atoms with Crippen molar-refractivity contribution in [1.29, 1.82) is 0 Å². The van der Waals surface area contributed by atoms with Gasteiger partial charge in [-0.05, 0) is 36.6 Å². The smallest absolute Gasteiger partial charge is 0.251 e. The van der Waals surface area contributed by atoms with Crippen molar-refractivity contribution in [1.82, 2.24) is 14.9 Å². The number of benzene rings is 2. The van der Waals surface area contributed by atoms with Crippen molar-refractivity contribution in [2.45, 2.75) is 51.1 Å². The van der Waals surface area contributed by atoms with Gasteiger partial charge in [0.2, 0.25) is 0 Å². The number of carbonyl (C=O) groups excluding carboxylic acids is 1. The number of aromatic nitrogens is 2. The number of rotatable bonds is 6. The summed E-state index contributed by atoms with van der Waals surface area (Å²) >= 11 is 0. The van der Waals surface area contributed by atoms with Gasteiger partial charge >= 0.3 is 0 Å². The molecule has 156 valence electrons. The zero-order chi connectivity index (χ0) is 20.3. The molecule has 3 aromatic rings. The van der Waals surface area contributed by atoms with Crippen LogP contribution in [0.4, 0.5) is 0 Å². The van der Waals surface area contributed by atoms with E-state index in [1.807, 2.05) is 18.5 Å². The van der Waals surface area contributed by atoms with E-state index >= 15 is 0 Å².